The number of esters is 5. The van der Waals surface area contributed by atoms with Gasteiger partial charge in [-0.3, -0.25) is 19.4 Å². The normalized spacial score (nSPS) is 14.6. The maximum Gasteiger partial charge on any atom is 0.446 e. The lowest BCUT2D eigenvalue weighted by Gasteiger charge is -2.34. The van der Waals surface area contributed by atoms with Crippen molar-refractivity contribution in [1.82, 2.24) is 19.6 Å². The summed E-state index contributed by atoms with van der Waals surface area (Å²) in [5, 5.41) is 9.74. The van der Waals surface area contributed by atoms with Crippen LogP contribution in [0.25, 0.3) is 0 Å². The summed E-state index contributed by atoms with van der Waals surface area (Å²) in [4.78, 5) is 136. The summed E-state index contributed by atoms with van der Waals surface area (Å²) in [6.45, 7) is 27.9. The van der Waals surface area contributed by atoms with Crippen LogP contribution >= 0.6 is 23.5 Å². The number of alkyl halides is 8. The van der Waals surface area contributed by atoms with Crippen LogP contribution in [-0.4, -0.2) is 195 Å². The molecular weight excluding hydrogens is 1440 g/mol. The van der Waals surface area contributed by atoms with Crippen LogP contribution in [0.15, 0.2) is 88.7 Å². The summed E-state index contributed by atoms with van der Waals surface area (Å²) >= 11 is -0.679. The van der Waals surface area contributed by atoms with E-state index in [1.165, 1.54) is 85.2 Å². The van der Waals surface area contributed by atoms with Gasteiger partial charge < -0.3 is 48.1 Å². The molecule has 0 spiro atoms. The highest BCUT2D eigenvalue weighted by Crippen LogP contribution is 2.39. The van der Waals surface area contributed by atoms with E-state index < -0.39 is 172 Å². The molecule has 0 fully saturated rings. The zero-order valence-corrected chi connectivity index (χ0v) is 65.2. The minimum absolute atomic E-state index is 0.108. The summed E-state index contributed by atoms with van der Waals surface area (Å²) in [5.41, 5.74) is -14.7. The summed E-state index contributed by atoms with van der Waals surface area (Å²) in [5.74, 6) is -8.77. The second-order valence-electron chi connectivity index (χ2n) is 30.8. The highest BCUT2D eigenvalue weighted by atomic mass is 32.2. The smallest absolute Gasteiger partial charge is 0.446 e. The van der Waals surface area contributed by atoms with Gasteiger partial charge in [-0.2, -0.15) is 26.3 Å². The van der Waals surface area contributed by atoms with Crippen LogP contribution < -0.4 is 0 Å². The lowest BCUT2D eigenvalue weighted by molar-refractivity contribution is -0.175. The number of rotatable bonds is 30. The molecule has 3 aromatic carbocycles. The molecule has 0 aliphatic rings. The number of nitrogens with zero attached hydrogens (tertiary/aromatic N) is 4. The van der Waals surface area contributed by atoms with Crippen LogP contribution in [0, 0.1) is 10.8 Å². The van der Waals surface area contributed by atoms with Gasteiger partial charge in [0.2, 0.25) is 12.2 Å². The molecule has 0 aliphatic carbocycles. The van der Waals surface area contributed by atoms with Crippen molar-refractivity contribution >= 4 is 83.3 Å². The third-order valence-corrected chi connectivity index (χ3v) is 16.2. The zero-order chi connectivity index (χ0) is 81.1. The standard InChI is InChI=1S/C40H54F4N2O9S.C33H48F4N2O9S/c1-25(53-33(48)29(22-37(2,3)4)46(11)36(51)55-38(5,6)7)32(47)45(10)30(23-39(8,9)41)34(49)54-31(35(50)52-24-27-15-13-12-14-16-27)21-26-17-19-28(20-18-26)56-40(42,43)44;1-19(46-27(43)22(17-30(2,3)4)39(11)29(45)48-31(5,6)7)25(40)38(10)23(18-32(8,9)34)28(44)47-24(26(41)42)16-20-12-14-21(15-13-20)49-33(35,36)37/h12-20,25,29-31H,21-24H2,1-11H3;12-15,19,22-24H,16-18H2,1-11H3,(H,41,42)/t25-,29+,30+,31+;19-,22+,23+,24+/m11/s1. The number of likely N-dealkylation sites (N-methyl/N-ethyl adjacent to an activating group) is 4. The van der Waals surface area contributed by atoms with E-state index in [2.05, 4.69) is 0 Å². The molecule has 105 heavy (non-hydrogen) atoms. The molecule has 1 N–H and O–H groups in total. The monoisotopic (exact) mass is 1540 g/mol. The molecule has 590 valence electrons. The molecule has 0 unspecified atom stereocenters. The minimum Gasteiger partial charge on any atom is -0.478 e. The predicted molar refractivity (Wildman–Crippen MR) is 375 cm³/mol. The van der Waals surface area contributed by atoms with Gasteiger partial charge in [-0.05, 0) is 171 Å². The number of aliphatic carboxylic acids is 1. The van der Waals surface area contributed by atoms with Gasteiger partial charge in [0.25, 0.3) is 11.8 Å². The molecule has 0 saturated carbocycles. The number of benzene rings is 3. The first kappa shape index (κ1) is 93.2. The molecule has 0 radical (unpaired) electrons. The number of carbonyl (C=O) groups is 10. The van der Waals surface area contributed by atoms with Crippen LogP contribution in [0.1, 0.15) is 167 Å². The van der Waals surface area contributed by atoms with Gasteiger partial charge in [0.05, 0.1) is 0 Å². The van der Waals surface area contributed by atoms with Crippen LogP contribution in [0.2, 0.25) is 0 Å². The van der Waals surface area contributed by atoms with Crippen molar-refractivity contribution in [2.45, 2.75) is 262 Å². The van der Waals surface area contributed by atoms with Crippen molar-refractivity contribution in [3.8, 4) is 0 Å². The molecule has 3 aromatic rings. The van der Waals surface area contributed by atoms with Gasteiger partial charge >= 0.3 is 59.0 Å². The van der Waals surface area contributed by atoms with Gasteiger partial charge in [-0.25, -0.2) is 47.1 Å². The van der Waals surface area contributed by atoms with E-state index in [1.54, 1.807) is 71.9 Å². The average molecular weight is 1540 g/mol. The molecule has 4 amide bonds. The first-order valence-corrected chi connectivity index (χ1v) is 35.0. The Morgan fingerprint density at radius 3 is 1.00 bits per heavy atom. The van der Waals surface area contributed by atoms with E-state index in [9.17, 15) is 83.8 Å². The van der Waals surface area contributed by atoms with Gasteiger partial charge in [0.1, 0.15) is 53.3 Å². The minimum atomic E-state index is -4.52. The number of amides is 4. The maximum atomic E-state index is 15.2. The van der Waals surface area contributed by atoms with Gasteiger partial charge in [-0.15, -0.1) is 0 Å². The fourth-order valence-electron chi connectivity index (χ4n) is 9.70. The molecule has 0 bridgehead atoms. The van der Waals surface area contributed by atoms with Crippen molar-refractivity contribution in [3.63, 3.8) is 0 Å². The fraction of sp³-hybridized carbons (Fsp3) is 0.616. The number of carbonyl (C=O) groups excluding carboxylic acids is 9. The summed E-state index contributed by atoms with van der Waals surface area (Å²) in [6, 6.07) is 12.8. The Kier molecular flexibility index (Phi) is 34.2. The van der Waals surface area contributed by atoms with E-state index in [0.717, 1.165) is 52.6 Å². The number of halogens is 8. The summed E-state index contributed by atoms with van der Waals surface area (Å²) in [6.07, 6.45) is -9.86. The van der Waals surface area contributed by atoms with Crippen molar-refractivity contribution < 1.29 is 121 Å². The summed E-state index contributed by atoms with van der Waals surface area (Å²) in [7, 11) is 5.05. The van der Waals surface area contributed by atoms with E-state index in [-0.39, 0.29) is 64.7 Å². The van der Waals surface area contributed by atoms with Gasteiger partial charge in [-0.1, -0.05) is 96.1 Å². The molecule has 0 heterocycles. The molecule has 0 aromatic heterocycles. The molecule has 0 aliphatic heterocycles. The number of hydrogen-bond donors (Lipinski definition) is 1. The van der Waals surface area contributed by atoms with Gasteiger partial charge in [0, 0.05) is 63.7 Å². The molecule has 0 saturated heterocycles. The number of hydrogen-bond acceptors (Lipinski definition) is 19. The Hall–Kier alpha value is -7.90. The lowest BCUT2D eigenvalue weighted by Crippen LogP contribution is -2.52. The predicted octanol–water partition coefficient (Wildman–Crippen LogP) is 14.5. The number of carboxylic acids is 1. The Morgan fingerprint density at radius 1 is 0.400 bits per heavy atom. The number of thioether (sulfide) groups is 2. The largest absolute Gasteiger partial charge is 0.478 e. The molecular formula is C73H102F8N4O18S2. The lowest BCUT2D eigenvalue weighted by atomic mass is 9.87. The second kappa shape index (κ2) is 38.6. The van der Waals surface area contributed by atoms with Crippen molar-refractivity contribution in [1.29, 1.82) is 0 Å². The van der Waals surface area contributed by atoms with Crippen LogP contribution in [0.4, 0.5) is 44.7 Å². The third kappa shape index (κ3) is 36.3. The zero-order valence-electron chi connectivity index (χ0n) is 63.6. The Bertz CT molecular complexity index is 3400. The first-order valence-electron chi connectivity index (χ1n) is 33.3. The van der Waals surface area contributed by atoms with E-state index in [1.807, 2.05) is 41.5 Å². The Labute approximate surface area is 617 Å². The van der Waals surface area contributed by atoms with Crippen LogP contribution in [-0.2, 0) is 91.0 Å². The average Bonchev–Trinajstić information content (AvgIpc) is 0.832. The van der Waals surface area contributed by atoms with Crippen LogP contribution in [0.5, 0.6) is 0 Å². The molecule has 32 heteroatoms. The van der Waals surface area contributed by atoms with Gasteiger partial charge in [0.15, 0.2) is 12.2 Å². The quantitative estimate of drug-likeness (QED) is 0.0281. The van der Waals surface area contributed by atoms with Crippen molar-refractivity contribution in [3.05, 3.63) is 95.6 Å². The molecule has 22 nitrogen and oxygen atoms in total. The maximum absolute atomic E-state index is 15.2. The van der Waals surface area contributed by atoms with Crippen LogP contribution in [0.3, 0.4) is 0 Å². The SMILES string of the molecule is C[C@@H](OC(=O)[C@H](CC(C)(C)C)N(C)C(=O)OC(C)(C)C)C(=O)N(C)[C@@H](CC(C)(C)F)C(=O)O[C@@H](Cc1ccc(SC(F)(F)F)cc1)C(=O)O.C[C@@H](OC(=O)[C@H](CC(C)(C)C)N(C)C(=O)OC(C)(C)C)C(=O)N(C)[C@@H](CC(C)(C)F)C(=O)O[C@@H](Cc1ccc(SC(F)(F)F)cc1)C(=O)OCc1ccccc1. The molecule has 8 atom stereocenters. The topological polar surface area (TPSA) is 268 Å². The van der Waals surface area contributed by atoms with E-state index in [4.69, 9.17) is 33.2 Å². The van der Waals surface area contributed by atoms with Crippen molar-refractivity contribution in [2.24, 2.45) is 10.8 Å². The highest BCUT2D eigenvalue weighted by Gasteiger charge is 2.44. The van der Waals surface area contributed by atoms with E-state index in [0.29, 0.717) is 11.1 Å². The van der Waals surface area contributed by atoms with Crippen molar-refractivity contribution in [2.75, 3.05) is 28.2 Å². The fourth-order valence-corrected chi connectivity index (χ4v) is 10.8. The Balaban J connectivity index is 0.000000720. The number of carboxylic acid groups (broad SMARTS) is 1. The second-order valence-corrected chi connectivity index (χ2v) is 33.0. The first-order chi connectivity index (χ1) is 47.5. The number of ether oxygens (including phenoxy) is 7. The third-order valence-electron chi connectivity index (χ3n) is 14.7. The Morgan fingerprint density at radius 2 is 0.705 bits per heavy atom. The summed E-state index contributed by atoms with van der Waals surface area (Å²) < 4.78 is 145. The highest BCUT2D eigenvalue weighted by molar-refractivity contribution is 8.00. The van der Waals surface area contributed by atoms with E-state index >= 15 is 4.39 Å². The molecule has 3 rings (SSSR count).